The highest BCUT2D eigenvalue weighted by atomic mass is 16.5. The van der Waals surface area contributed by atoms with Crippen LogP contribution in [0.5, 0.6) is 0 Å². The van der Waals surface area contributed by atoms with Crippen LogP contribution in [0.3, 0.4) is 0 Å². The van der Waals surface area contributed by atoms with Gasteiger partial charge in [-0.1, -0.05) is 24.3 Å². The molecule has 0 amide bonds. The summed E-state index contributed by atoms with van der Waals surface area (Å²) in [5, 5.41) is 0. The second-order valence-corrected chi connectivity index (χ2v) is 3.70. The highest BCUT2D eigenvalue weighted by Gasteiger charge is 2.22. The van der Waals surface area contributed by atoms with Crippen LogP contribution in [-0.4, -0.2) is 12.9 Å². The molecule has 0 radical (unpaired) electrons. The number of ether oxygens (including phenoxy) is 1. The second kappa shape index (κ2) is 4.38. The molecule has 0 atom stereocenters. The van der Waals surface area contributed by atoms with Crippen molar-refractivity contribution in [3.05, 3.63) is 35.4 Å². The van der Waals surface area contributed by atoms with Crippen LogP contribution >= 0.6 is 0 Å². The van der Waals surface area contributed by atoms with E-state index < -0.39 is 0 Å². The van der Waals surface area contributed by atoms with Gasteiger partial charge in [-0.2, -0.15) is 0 Å². The Hall–Kier alpha value is -1.15. The third-order valence-electron chi connectivity index (χ3n) is 2.48. The van der Waals surface area contributed by atoms with E-state index in [1.165, 1.54) is 18.4 Å². The molecule has 2 nitrogen and oxygen atoms in total. The van der Waals surface area contributed by atoms with Gasteiger partial charge in [0.15, 0.2) is 0 Å². The third kappa shape index (κ3) is 2.42. The van der Waals surface area contributed by atoms with Gasteiger partial charge in [0.25, 0.3) is 0 Å². The van der Waals surface area contributed by atoms with Crippen molar-refractivity contribution in [2.75, 3.05) is 6.61 Å². The third-order valence-corrected chi connectivity index (χ3v) is 2.48. The van der Waals surface area contributed by atoms with E-state index in [1.807, 2.05) is 0 Å². The summed E-state index contributed by atoms with van der Waals surface area (Å²) in [7, 11) is 0. The van der Waals surface area contributed by atoms with Crippen LogP contribution in [0.2, 0.25) is 0 Å². The van der Waals surface area contributed by atoms with Crippen LogP contribution in [0.1, 0.15) is 29.9 Å². The summed E-state index contributed by atoms with van der Waals surface area (Å²) in [6.45, 7) is 0.716. The maximum atomic E-state index is 10.0. The van der Waals surface area contributed by atoms with Gasteiger partial charge in [-0.3, -0.25) is 0 Å². The van der Waals surface area contributed by atoms with Crippen molar-refractivity contribution in [3.63, 3.8) is 0 Å². The lowest BCUT2D eigenvalue weighted by molar-refractivity contribution is -0.112. The molecule has 0 saturated heterocycles. The number of aldehydes is 1. The van der Waals surface area contributed by atoms with Gasteiger partial charge in [0.05, 0.1) is 6.61 Å². The molecule has 0 spiro atoms. The first-order chi connectivity index (χ1) is 6.90. The van der Waals surface area contributed by atoms with Gasteiger partial charge in [-0.25, -0.2) is 0 Å². The topological polar surface area (TPSA) is 26.3 Å². The molecule has 2 heteroatoms. The fraction of sp³-hybridized carbons (Fsp3) is 0.417. The molecule has 14 heavy (non-hydrogen) atoms. The lowest BCUT2D eigenvalue weighted by Gasteiger charge is -2.02. The summed E-state index contributed by atoms with van der Waals surface area (Å²) >= 11 is 0. The molecule has 1 aromatic rings. The molecule has 0 N–H and O–H groups in total. The molecule has 0 aliphatic heterocycles. The molecule has 1 aromatic carbocycles. The van der Waals surface area contributed by atoms with Gasteiger partial charge < -0.3 is 9.53 Å². The van der Waals surface area contributed by atoms with Crippen molar-refractivity contribution < 1.29 is 9.53 Å². The Morgan fingerprint density at radius 2 is 2.00 bits per heavy atom. The molecule has 1 aliphatic carbocycles. The van der Waals surface area contributed by atoms with Crippen molar-refractivity contribution in [1.29, 1.82) is 0 Å². The van der Waals surface area contributed by atoms with E-state index in [-0.39, 0.29) is 6.61 Å². The summed E-state index contributed by atoms with van der Waals surface area (Å²) in [4.78, 5) is 10.0. The van der Waals surface area contributed by atoms with Crippen LogP contribution in [0, 0.1) is 0 Å². The fourth-order valence-electron chi connectivity index (χ4n) is 1.53. The maximum absolute atomic E-state index is 10.0. The Morgan fingerprint density at radius 3 is 2.57 bits per heavy atom. The van der Waals surface area contributed by atoms with Crippen molar-refractivity contribution >= 4 is 6.29 Å². The first-order valence-electron chi connectivity index (χ1n) is 5.00. The average Bonchev–Trinajstić information content (AvgIpc) is 3.03. The number of hydrogen-bond donors (Lipinski definition) is 0. The highest BCUT2D eigenvalue weighted by molar-refractivity contribution is 5.50. The zero-order valence-electron chi connectivity index (χ0n) is 8.11. The fourth-order valence-corrected chi connectivity index (χ4v) is 1.53. The monoisotopic (exact) mass is 190 g/mol. The minimum Gasteiger partial charge on any atom is -0.369 e. The Kier molecular flexibility index (Phi) is 2.94. The molecule has 0 aromatic heterocycles. The van der Waals surface area contributed by atoms with E-state index in [1.54, 1.807) is 0 Å². The molecule has 74 valence electrons. The quantitative estimate of drug-likeness (QED) is 0.526. The van der Waals surface area contributed by atoms with E-state index >= 15 is 0 Å². The number of hydrogen-bond acceptors (Lipinski definition) is 2. The molecule has 1 aliphatic rings. The van der Waals surface area contributed by atoms with Gasteiger partial charge in [-0.15, -0.1) is 0 Å². The minimum absolute atomic E-state index is 0.185. The van der Waals surface area contributed by atoms with Crippen LogP contribution in [0.15, 0.2) is 24.3 Å². The van der Waals surface area contributed by atoms with E-state index in [4.69, 9.17) is 4.74 Å². The maximum Gasteiger partial charge on any atom is 0.145 e. The molecular weight excluding hydrogens is 176 g/mol. The summed E-state index contributed by atoms with van der Waals surface area (Å²) in [5.74, 6) is 0.806. The first kappa shape index (κ1) is 9.41. The van der Waals surface area contributed by atoms with Crippen molar-refractivity contribution in [1.82, 2.24) is 0 Å². The number of benzene rings is 1. The number of carbonyl (C=O) groups is 1. The van der Waals surface area contributed by atoms with Crippen LogP contribution < -0.4 is 0 Å². The predicted molar refractivity (Wildman–Crippen MR) is 54.1 cm³/mol. The first-order valence-corrected chi connectivity index (χ1v) is 5.00. The van der Waals surface area contributed by atoms with Crippen molar-refractivity contribution in [2.45, 2.75) is 25.4 Å². The molecule has 0 unspecified atom stereocenters. The molecular formula is C12H14O2. The van der Waals surface area contributed by atoms with Gasteiger partial charge in [0, 0.05) is 0 Å². The normalized spacial score (nSPS) is 15.4. The standard InChI is InChI=1S/C12H14O2/c13-7-8-14-9-10-1-3-11(4-2-10)12-5-6-12/h1-4,7,12H,5-6,8-9H2. The summed E-state index contributed by atoms with van der Waals surface area (Å²) in [6, 6.07) is 8.49. The Balaban J connectivity index is 1.88. The van der Waals surface area contributed by atoms with E-state index in [2.05, 4.69) is 24.3 Å². The van der Waals surface area contributed by atoms with E-state index in [0.29, 0.717) is 6.61 Å². The second-order valence-electron chi connectivity index (χ2n) is 3.70. The Bertz CT molecular complexity index is 299. The van der Waals surface area contributed by atoms with E-state index in [0.717, 1.165) is 17.8 Å². The predicted octanol–water partition coefficient (Wildman–Crippen LogP) is 2.28. The van der Waals surface area contributed by atoms with Crippen molar-refractivity contribution in [2.24, 2.45) is 0 Å². The van der Waals surface area contributed by atoms with E-state index in [9.17, 15) is 4.79 Å². The number of rotatable bonds is 5. The van der Waals surface area contributed by atoms with Crippen LogP contribution in [0.4, 0.5) is 0 Å². The zero-order chi connectivity index (χ0) is 9.80. The summed E-state index contributed by atoms with van der Waals surface area (Å²) < 4.78 is 5.12. The molecule has 1 fully saturated rings. The largest absolute Gasteiger partial charge is 0.369 e. The Labute approximate surface area is 83.9 Å². The number of carbonyl (C=O) groups excluding carboxylic acids is 1. The smallest absolute Gasteiger partial charge is 0.145 e. The summed E-state index contributed by atoms with van der Waals surface area (Å²) in [6.07, 6.45) is 3.44. The van der Waals surface area contributed by atoms with Gasteiger partial charge >= 0.3 is 0 Å². The highest BCUT2D eigenvalue weighted by Crippen LogP contribution is 2.39. The van der Waals surface area contributed by atoms with Gasteiger partial charge in [-0.05, 0) is 29.9 Å². The molecule has 0 bridgehead atoms. The van der Waals surface area contributed by atoms with Crippen molar-refractivity contribution in [3.8, 4) is 0 Å². The lowest BCUT2D eigenvalue weighted by Crippen LogP contribution is -1.95. The van der Waals surface area contributed by atoms with Gasteiger partial charge in [0.1, 0.15) is 12.9 Å². The minimum atomic E-state index is 0.185. The van der Waals surface area contributed by atoms with Crippen LogP contribution in [-0.2, 0) is 16.1 Å². The van der Waals surface area contributed by atoms with Gasteiger partial charge in [0.2, 0.25) is 0 Å². The SMILES string of the molecule is O=CCOCc1ccc(C2CC2)cc1. The molecule has 2 rings (SSSR count). The van der Waals surface area contributed by atoms with Crippen LogP contribution in [0.25, 0.3) is 0 Å². The Morgan fingerprint density at radius 1 is 1.29 bits per heavy atom. The summed E-state index contributed by atoms with van der Waals surface area (Å²) in [5.41, 5.74) is 2.57. The zero-order valence-corrected chi connectivity index (χ0v) is 8.11. The molecule has 0 heterocycles. The average molecular weight is 190 g/mol. The lowest BCUT2D eigenvalue weighted by atomic mass is 10.1. The molecule has 1 saturated carbocycles.